The van der Waals surface area contributed by atoms with Crippen LogP contribution in [0, 0.1) is 19.8 Å². The van der Waals surface area contributed by atoms with Crippen LogP contribution in [0.15, 0.2) is 10.5 Å². The summed E-state index contributed by atoms with van der Waals surface area (Å²) in [6.45, 7) is 9.60. The van der Waals surface area contributed by atoms with E-state index in [1.165, 1.54) is 37.9 Å². The van der Waals surface area contributed by atoms with Crippen LogP contribution in [0.2, 0.25) is 0 Å². The van der Waals surface area contributed by atoms with Gasteiger partial charge in [0.15, 0.2) is 0 Å². The van der Waals surface area contributed by atoms with E-state index in [9.17, 15) is 0 Å². The van der Waals surface area contributed by atoms with Crippen molar-refractivity contribution in [1.82, 2.24) is 4.90 Å². The molecule has 1 aromatic heterocycles. The number of likely N-dealkylation sites (tertiary alicyclic amines) is 1. The fourth-order valence-corrected chi connectivity index (χ4v) is 3.13. The van der Waals surface area contributed by atoms with E-state index in [2.05, 4.69) is 24.8 Å². The van der Waals surface area contributed by atoms with Crippen LogP contribution in [0.1, 0.15) is 49.3 Å². The van der Waals surface area contributed by atoms with E-state index in [1.54, 1.807) is 0 Å². The van der Waals surface area contributed by atoms with E-state index in [0.29, 0.717) is 6.04 Å². The van der Waals surface area contributed by atoms with Gasteiger partial charge < -0.3 is 10.2 Å². The van der Waals surface area contributed by atoms with Crippen LogP contribution in [0.3, 0.4) is 0 Å². The van der Waals surface area contributed by atoms with Gasteiger partial charge in [0.1, 0.15) is 11.5 Å². The first kappa shape index (κ1) is 13.6. The molecule has 3 nitrogen and oxygen atoms in total. The second kappa shape index (κ2) is 5.89. The fourth-order valence-electron chi connectivity index (χ4n) is 3.13. The molecule has 0 radical (unpaired) electrons. The van der Waals surface area contributed by atoms with Crippen LogP contribution < -0.4 is 5.73 Å². The summed E-state index contributed by atoms with van der Waals surface area (Å²) in [6.07, 6.45) is 3.76. The summed E-state index contributed by atoms with van der Waals surface area (Å²) in [5.41, 5.74) is 6.99. The van der Waals surface area contributed by atoms with E-state index >= 15 is 0 Å². The van der Waals surface area contributed by atoms with Gasteiger partial charge in [-0.25, -0.2) is 0 Å². The van der Waals surface area contributed by atoms with E-state index < -0.39 is 0 Å². The number of hydrogen-bond donors (Lipinski definition) is 1. The van der Waals surface area contributed by atoms with Crippen LogP contribution >= 0.6 is 0 Å². The minimum Gasteiger partial charge on any atom is -0.466 e. The van der Waals surface area contributed by atoms with E-state index in [1.807, 2.05) is 6.92 Å². The highest BCUT2D eigenvalue weighted by molar-refractivity contribution is 5.23. The highest BCUT2D eigenvalue weighted by Gasteiger charge is 2.25. The fraction of sp³-hybridized carbons (Fsp3) is 0.733. The molecule has 2 rings (SSSR count). The zero-order chi connectivity index (χ0) is 13.1. The molecule has 102 valence electrons. The van der Waals surface area contributed by atoms with Crippen LogP contribution in [-0.2, 0) is 0 Å². The quantitative estimate of drug-likeness (QED) is 0.893. The van der Waals surface area contributed by atoms with Crippen LogP contribution in [-0.4, -0.2) is 24.5 Å². The van der Waals surface area contributed by atoms with E-state index in [-0.39, 0.29) is 0 Å². The molecule has 1 saturated heterocycles. The lowest BCUT2D eigenvalue weighted by Gasteiger charge is -2.36. The molecule has 0 amide bonds. The Balaban J connectivity index is 1.95. The summed E-state index contributed by atoms with van der Waals surface area (Å²) in [5, 5.41) is 0. The third-order valence-electron chi connectivity index (χ3n) is 4.30. The van der Waals surface area contributed by atoms with Gasteiger partial charge in [-0.05, 0) is 71.7 Å². The molecule has 0 aromatic carbocycles. The molecule has 3 heteroatoms. The second-order valence-corrected chi connectivity index (χ2v) is 5.60. The molecule has 0 spiro atoms. The topological polar surface area (TPSA) is 42.4 Å². The monoisotopic (exact) mass is 250 g/mol. The zero-order valence-corrected chi connectivity index (χ0v) is 11.9. The number of hydrogen-bond acceptors (Lipinski definition) is 3. The summed E-state index contributed by atoms with van der Waals surface area (Å²) < 4.78 is 5.64. The molecule has 1 fully saturated rings. The van der Waals surface area contributed by atoms with Crippen molar-refractivity contribution >= 4 is 0 Å². The Morgan fingerprint density at radius 2 is 2.06 bits per heavy atom. The van der Waals surface area contributed by atoms with Gasteiger partial charge >= 0.3 is 0 Å². The minimum absolute atomic E-state index is 0.473. The summed E-state index contributed by atoms with van der Waals surface area (Å²) in [4.78, 5) is 2.57. The number of aryl methyl sites for hydroxylation is 2. The van der Waals surface area contributed by atoms with E-state index in [0.717, 1.165) is 24.0 Å². The van der Waals surface area contributed by atoms with Gasteiger partial charge in [-0.15, -0.1) is 0 Å². The largest absolute Gasteiger partial charge is 0.466 e. The molecule has 1 atom stereocenters. The Labute approximate surface area is 110 Å². The van der Waals surface area contributed by atoms with Crippen molar-refractivity contribution in [1.29, 1.82) is 0 Å². The number of nitrogens with zero attached hydrogens (tertiary/aromatic N) is 1. The molecule has 1 aliphatic heterocycles. The number of nitrogens with two attached hydrogens (primary N) is 1. The highest BCUT2D eigenvalue weighted by atomic mass is 16.3. The van der Waals surface area contributed by atoms with Crippen molar-refractivity contribution in [2.24, 2.45) is 11.7 Å². The maximum Gasteiger partial charge on any atom is 0.105 e. The van der Waals surface area contributed by atoms with Crippen molar-refractivity contribution in [2.75, 3.05) is 19.6 Å². The zero-order valence-electron chi connectivity index (χ0n) is 11.9. The average Bonchev–Trinajstić information content (AvgIpc) is 2.69. The Morgan fingerprint density at radius 3 is 2.56 bits per heavy atom. The molecule has 2 heterocycles. The molecule has 1 aliphatic rings. The molecule has 2 N–H and O–H groups in total. The predicted molar refractivity (Wildman–Crippen MR) is 74.6 cm³/mol. The predicted octanol–water partition coefficient (Wildman–Crippen LogP) is 3.02. The SMILES string of the molecule is Cc1cc(C(C)N2CCC(CCN)CC2)c(C)o1. The lowest BCUT2D eigenvalue weighted by molar-refractivity contribution is 0.137. The van der Waals surface area contributed by atoms with Crippen molar-refractivity contribution in [2.45, 2.75) is 46.1 Å². The minimum atomic E-state index is 0.473. The van der Waals surface area contributed by atoms with Crippen molar-refractivity contribution in [3.63, 3.8) is 0 Å². The van der Waals surface area contributed by atoms with Crippen LogP contribution in [0.5, 0.6) is 0 Å². The first-order valence-electron chi connectivity index (χ1n) is 7.13. The molecular weight excluding hydrogens is 224 g/mol. The standard InChI is InChI=1S/C15H26N2O/c1-11-10-15(13(3)18-11)12(2)17-8-5-14(4-7-16)6-9-17/h10,12,14H,4-9,16H2,1-3H3. The highest BCUT2D eigenvalue weighted by Crippen LogP contribution is 2.30. The molecule has 0 bridgehead atoms. The van der Waals surface area contributed by atoms with Gasteiger partial charge in [0.2, 0.25) is 0 Å². The van der Waals surface area contributed by atoms with Crippen LogP contribution in [0.25, 0.3) is 0 Å². The maximum atomic E-state index is 5.64. The number of rotatable bonds is 4. The molecule has 0 saturated carbocycles. The van der Waals surface area contributed by atoms with Crippen molar-refractivity contribution in [3.8, 4) is 0 Å². The van der Waals surface area contributed by atoms with Gasteiger partial charge in [0.05, 0.1) is 0 Å². The van der Waals surface area contributed by atoms with Gasteiger partial charge in [-0.2, -0.15) is 0 Å². The number of piperidine rings is 1. The average molecular weight is 250 g/mol. The normalized spacial score (nSPS) is 20.2. The van der Waals surface area contributed by atoms with Gasteiger partial charge in [-0.1, -0.05) is 0 Å². The summed E-state index contributed by atoms with van der Waals surface area (Å²) in [5.74, 6) is 2.93. The summed E-state index contributed by atoms with van der Waals surface area (Å²) >= 11 is 0. The van der Waals surface area contributed by atoms with Crippen molar-refractivity contribution < 1.29 is 4.42 Å². The Morgan fingerprint density at radius 1 is 1.39 bits per heavy atom. The third-order valence-corrected chi connectivity index (χ3v) is 4.30. The molecular formula is C15H26N2O. The molecule has 18 heavy (non-hydrogen) atoms. The Kier molecular flexibility index (Phi) is 4.46. The summed E-state index contributed by atoms with van der Waals surface area (Å²) in [6, 6.07) is 2.66. The lowest BCUT2D eigenvalue weighted by atomic mass is 9.92. The van der Waals surface area contributed by atoms with Gasteiger partial charge in [0, 0.05) is 11.6 Å². The van der Waals surface area contributed by atoms with Gasteiger partial charge in [0.25, 0.3) is 0 Å². The molecule has 0 aliphatic carbocycles. The smallest absolute Gasteiger partial charge is 0.105 e. The molecule has 1 aromatic rings. The second-order valence-electron chi connectivity index (χ2n) is 5.60. The number of furan rings is 1. The van der Waals surface area contributed by atoms with Crippen molar-refractivity contribution in [3.05, 3.63) is 23.2 Å². The van der Waals surface area contributed by atoms with Crippen LogP contribution in [0.4, 0.5) is 0 Å². The van der Waals surface area contributed by atoms with Gasteiger partial charge in [-0.3, -0.25) is 4.90 Å². The van der Waals surface area contributed by atoms with E-state index in [4.69, 9.17) is 10.2 Å². The maximum absolute atomic E-state index is 5.64. The first-order chi connectivity index (χ1) is 8.61. The lowest BCUT2D eigenvalue weighted by Crippen LogP contribution is -2.36. The summed E-state index contributed by atoms with van der Waals surface area (Å²) in [7, 11) is 0. The Hall–Kier alpha value is -0.800. The molecule has 1 unspecified atom stereocenters. The first-order valence-corrected chi connectivity index (χ1v) is 7.13. The Bertz CT molecular complexity index is 378. The third kappa shape index (κ3) is 2.96.